The molecule has 1 aliphatic rings. The highest BCUT2D eigenvalue weighted by atomic mass is 16.4. The van der Waals surface area contributed by atoms with Crippen molar-refractivity contribution in [3.63, 3.8) is 0 Å². The van der Waals surface area contributed by atoms with Crippen molar-refractivity contribution in [3.8, 4) is 0 Å². The van der Waals surface area contributed by atoms with Crippen LogP contribution in [0.3, 0.4) is 0 Å². The minimum atomic E-state index is -0.0208. The fourth-order valence-corrected chi connectivity index (χ4v) is 2.38. The predicted octanol–water partition coefficient (Wildman–Crippen LogP) is 1.20. The molecule has 0 bridgehead atoms. The van der Waals surface area contributed by atoms with Crippen LogP contribution in [0.5, 0.6) is 0 Å². The lowest BCUT2D eigenvalue weighted by Gasteiger charge is -2.21. The van der Waals surface area contributed by atoms with E-state index in [2.05, 4.69) is 20.0 Å². The van der Waals surface area contributed by atoms with Crippen LogP contribution in [0, 0.1) is 5.92 Å². The van der Waals surface area contributed by atoms with Crippen molar-refractivity contribution in [2.24, 2.45) is 16.8 Å². The van der Waals surface area contributed by atoms with E-state index in [9.17, 15) is 0 Å². The van der Waals surface area contributed by atoms with E-state index in [1.165, 1.54) is 31.9 Å². The van der Waals surface area contributed by atoms with Gasteiger partial charge in [-0.15, -0.1) is 0 Å². The zero-order chi connectivity index (χ0) is 13.0. The molecule has 0 aromatic carbocycles. The molecule has 1 saturated carbocycles. The first-order valence-corrected chi connectivity index (χ1v) is 6.22. The molecule has 0 saturated heterocycles. The van der Waals surface area contributed by atoms with Gasteiger partial charge in [0.1, 0.15) is 11.5 Å². The van der Waals surface area contributed by atoms with Gasteiger partial charge in [0.05, 0.1) is 12.4 Å². The maximum atomic E-state index is 8.54. The normalized spacial score (nSPS) is 17.1. The van der Waals surface area contributed by atoms with Crippen molar-refractivity contribution < 1.29 is 5.21 Å². The van der Waals surface area contributed by atoms with E-state index in [0.717, 1.165) is 18.3 Å². The molecule has 1 heterocycles. The van der Waals surface area contributed by atoms with Gasteiger partial charge in [-0.1, -0.05) is 18.0 Å². The van der Waals surface area contributed by atoms with Gasteiger partial charge in [0.25, 0.3) is 0 Å². The maximum absolute atomic E-state index is 8.54. The summed E-state index contributed by atoms with van der Waals surface area (Å²) < 4.78 is 0. The second-order valence-corrected chi connectivity index (χ2v) is 4.78. The van der Waals surface area contributed by atoms with Gasteiger partial charge in [-0.05, 0) is 18.8 Å². The van der Waals surface area contributed by atoms with E-state index in [1.54, 1.807) is 6.20 Å². The van der Waals surface area contributed by atoms with Crippen LogP contribution < -0.4 is 10.6 Å². The van der Waals surface area contributed by atoms with E-state index in [-0.39, 0.29) is 5.84 Å². The lowest BCUT2D eigenvalue weighted by atomic mass is 10.1. The molecular weight excluding hydrogens is 230 g/mol. The molecule has 0 spiro atoms. The molecule has 1 fully saturated rings. The molecule has 1 aromatic rings. The lowest BCUT2D eigenvalue weighted by Crippen LogP contribution is -2.25. The van der Waals surface area contributed by atoms with Crippen LogP contribution in [0.25, 0.3) is 0 Å². The number of nitrogens with zero attached hydrogens (tertiary/aromatic N) is 4. The van der Waals surface area contributed by atoms with Gasteiger partial charge in [0.15, 0.2) is 5.84 Å². The minimum Gasteiger partial charge on any atom is -0.409 e. The smallest absolute Gasteiger partial charge is 0.190 e. The number of aromatic nitrogens is 2. The Morgan fingerprint density at radius 1 is 1.44 bits per heavy atom. The molecule has 1 aromatic heterocycles. The number of oxime groups is 1. The Bertz CT molecular complexity index is 411. The quantitative estimate of drug-likeness (QED) is 0.362. The fourth-order valence-electron chi connectivity index (χ4n) is 2.38. The highest BCUT2D eigenvalue weighted by molar-refractivity contribution is 5.94. The average Bonchev–Trinajstić information content (AvgIpc) is 2.91. The van der Waals surface area contributed by atoms with Gasteiger partial charge in [-0.2, -0.15) is 0 Å². The van der Waals surface area contributed by atoms with Gasteiger partial charge in [0, 0.05) is 13.6 Å². The molecule has 6 nitrogen and oxygen atoms in total. The standard InChI is InChI=1S/C12H19N5O/c1-17(8-9-4-2-3-5-9)11-7-14-10(6-15-11)12(13)16-18/h6-7,9,18H,2-5,8H2,1H3,(H2,13,16). The first-order valence-electron chi connectivity index (χ1n) is 6.22. The predicted molar refractivity (Wildman–Crippen MR) is 69.8 cm³/mol. The van der Waals surface area contributed by atoms with E-state index >= 15 is 0 Å². The fraction of sp³-hybridized carbons (Fsp3) is 0.583. The first-order chi connectivity index (χ1) is 8.70. The lowest BCUT2D eigenvalue weighted by molar-refractivity contribution is 0.318. The highest BCUT2D eigenvalue weighted by Crippen LogP contribution is 2.26. The largest absolute Gasteiger partial charge is 0.409 e. The molecule has 0 radical (unpaired) electrons. The van der Waals surface area contributed by atoms with Crippen LogP contribution in [-0.2, 0) is 0 Å². The summed E-state index contributed by atoms with van der Waals surface area (Å²) in [5, 5.41) is 11.4. The second-order valence-electron chi connectivity index (χ2n) is 4.78. The van der Waals surface area contributed by atoms with Crippen LogP contribution in [0.2, 0.25) is 0 Å². The summed E-state index contributed by atoms with van der Waals surface area (Å²) in [6.07, 6.45) is 8.47. The molecule has 0 atom stereocenters. The van der Waals surface area contributed by atoms with Crippen molar-refractivity contribution in [2.45, 2.75) is 25.7 Å². The Hall–Kier alpha value is -1.85. The van der Waals surface area contributed by atoms with Crippen LogP contribution in [0.15, 0.2) is 17.5 Å². The van der Waals surface area contributed by atoms with E-state index < -0.39 is 0 Å². The molecule has 1 aliphatic carbocycles. The number of hydrogen-bond donors (Lipinski definition) is 2. The summed E-state index contributed by atoms with van der Waals surface area (Å²) >= 11 is 0. The molecule has 0 amide bonds. The third kappa shape index (κ3) is 2.88. The first kappa shape index (κ1) is 12.6. The van der Waals surface area contributed by atoms with Crippen molar-refractivity contribution >= 4 is 11.7 Å². The van der Waals surface area contributed by atoms with Crippen LogP contribution in [0.4, 0.5) is 5.82 Å². The summed E-state index contributed by atoms with van der Waals surface area (Å²) in [6, 6.07) is 0. The molecule has 2 rings (SSSR count). The summed E-state index contributed by atoms with van der Waals surface area (Å²) in [7, 11) is 2.02. The molecule has 18 heavy (non-hydrogen) atoms. The SMILES string of the molecule is CN(CC1CCCC1)c1cnc(C(N)=NO)cn1. The number of amidine groups is 1. The Kier molecular flexibility index (Phi) is 3.96. The van der Waals surface area contributed by atoms with Crippen molar-refractivity contribution in [1.29, 1.82) is 0 Å². The highest BCUT2D eigenvalue weighted by Gasteiger charge is 2.17. The van der Waals surface area contributed by atoms with E-state index in [0.29, 0.717) is 5.69 Å². The summed E-state index contributed by atoms with van der Waals surface area (Å²) in [5.74, 6) is 1.56. The van der Waals surface area contributed by atoms with Crippen LogP contribution in [-0.4, -0.2) is 34.6 Å². The van der Waals surface area contributed by atoms with Gasteiger partial charge in [-0.25, -0.2) is 9.97 Å². The van der Waals surface area contributed by atoms with Gasteiger partial charge in [0.2, 0.25) is 0 Å². The monoisotopic (exact) mass is 249 g/mol. The number of nitrogens with two attached hydrogens (primary N) is 1. The topological polar surface area (TPSA) is 87.6 Å². The molecule has 98 valence electrons. The molecule has 3 N–H and O–H groups in total. The van der Waals surface area contributed by atoms with Gasteiger partial charge >= 0.3 is 0 Å². The summed E-state index contributed by atoms with van der Waals surface area (Å²) in [6.45, 7) is 1.01. The number of rotatable bonds is 4. The Labute approximate surface area is 107 Å². The zero-order valence-electron chi connectivity index (χ0n) is 10.6. The van der Waals surface area contributed by atoms with E-state index in [1.807, 2.05) is 7.05 Å². The van der Waals surface area contributed by atoms with Crippen molar-refractivity contribution in [3.05, 3.63) is 18.1 Å². The third-order valence-electron chi connectivity index (χ3n) is 3.41. The zero-order valence-corrected chi connectivity index (χ0v) is 10.6. The van der Waals surface area contributed by atoms with E-state index in [4.69, 9.17) is 10.9 Å². The van der Waals surface area contributed by atoms with Crippen molar-refractivity contribution in [1.82, 2.24) is 9.97 Å². The average molecular weight is 249 g/mol. The van der Waals surface area contributed by atoms with Crippen molar-refractivity contribution in [2.75, 3.05) is 18.5 Å². The van der Waals surface area contributed by atoms with Gasteiger partial charge < -0.3 is 15.8 Å². The molecular formula is C12H19N5O. The van der Waals surface area contributed by atoms with Crippen LogP contribution in [0.1, 0.15) is 31.4 Å². The third-order valence-corrected chi connectivity index (χ3v) is 3.41. The molecule has 0 unspecified atom stereocenters. The summed E-state index contributed by atoms with van der Waals surface area (Å²) in [4.78, 5) is 10.5. The Morgan fingerprint density at radius 3 is 2.72 bits per heavy atom. The summed E-state index contributed by atoms with van der Waals surface area (Å²) in [5.41, 5.74) is 5.82. The number of anilines is 1. The number of hydrogen-bond acceptors (Lipinski definition) is 5. The molecule has 0 aliphatic heterocycles. The maximum Gasteiger partial charge on any atom is 0.190 e. The minimum absolute atomic E-state index is 0.0208. The van der Waals surface area contributed by atoms with Crippen LogP contribution >= 0.6 is 0 Å². The Balaban J connectivity index is 1.99. The molecule has 6 heteroatoms. The van der Waals surface area contributed by atoms with Gasteiger partial charge in [-0.3, -0.25) is 0 Å². The second kappa shape index (κ2) is 5.66. The Morgan fingerprint density at radius 2 is 2.17 bits per heavy atom.